The summed E-state index contributed by atoms with van der Waals surface area (Å²) in [5.41, 5.74) is 7.94. The number of alkyl halides is 2. The fourth-order valence-electron chi connectivity index (χ4n) is 3.61. The number of hydrogen-bond donors (Lipinski definition) is 3. The van der Waals surface area contributed by atoms with Crippen molar-refractivity contribution in [2.75, 3.05) is 17.2 Å². The molecule has 1 saturated carbocycles. The number of halogens is 2. The van der Waals surface area contributed by atoms with Gasteiger partial charge in [0.2, 0.25) is 11.9 Å². The van der Waals surface area contributed by atoms with Crippen LogP contribution in [0.3, 0.4) is 0 Å². The first-order valence-corrected chi connectivity index (χ1v) is 9.80. The lowest BCUT2D eigenvalue weighted by Gasteiger charge is -2.29. The second-order valence-electron chi connectivity index (χ2n) is 7.57. The van der Waals surface area contributed by atoms with Crippen molar-refractivity contribution in [1.29, 1.82) is 0 Å². The molecule has 29 heavy (non-hydrogen) atoms. The van der Waals surface area contributed by atoms with Crippen molar-refractivity contribution in [2.24, 2.45) is 12.8 Å². The van der Waals surface area contributed by atoms with E-state index in [1.165, 1.54) is 0 Å². The third-order valence-electron chi connectivity index (χ3n) is 5.36. The van der Waals surface area contributed by atoms with Gasteiger partial charge in [-0.2, -0.15) is 15.1 Å². The van der Waals surface area contributed by atoms with Gasteiger partial charge in [0, 0.05) is 38.5 Å². The molecule has 0 saturated heterocycles. The van der Waals surface area contributed by atoms with Crippen molar-refractivity contribution in [2.45, 2.75) is 43.7 Å². The van der Waals surface area contributed by atoms with E-state index in [4.69, 9.17) is 5.73 Å². The molecule has 0 amide bonds. The van der Waals surface area contributed by atoms with Crippen LogP contribution in [0.5, 0.6) is 0 Å². The highest BCUT2D eigenvalue weighted by Crippen LogP contribution is 2.35. The first kappa shape index (κ1) is 19.5. The molecule has 2 aromatic heterocycles. The van der Waals surface area contributed by atoms with E-state index in [-0.39, 0.29) is 24.9 Å². The summed E-state index contributed by atoms with van der Waals surface area (Å²) in [6, 6.07) is 9.53. The van der Waals surface area contributed by atoms with Crippen molar-refractivity contribution in [3.63, 3.8) is 0 Å². The van der Waals surface area contributed by atoms with Crippen molar-refractivity contribution in [3.8, 4) is 0 Å². The van der Waals surface area contributed by atoms with Crippen LogP contribution < -0.4 is 16.4 Å². The average Bonchev–Trinajstić information content (AvgIpc) is 3.09. The van der Waals surface area contributed by atoms with Crippen molar-refractivity contribution in [3.05, 3.63) is 42.1 Å². The molecule has 1 aliphatic carbocycles. The molecule has 3 aromatic rings. The van der Waals surface area contributed by atoms with Crippen LogP contribution in [0.1, 0.15) is 37.3 Å². The molecular formula is C20H25F2N7. The molecule has 154 valence electrons. The van der Waals surface area contributed by atoms with E-state index in [9.17, 15) is 8.78 Å². The second-order valence-corrected chi connectivity index (χ2v) is 7.57. The molecule has 1 aliphatic rings. The summed E-state index contributed by atoms with van der Waals surface area (Å²) in [4.78, 5) is 9.12. The monoisotopic (exact) mass is 401 g/mol. The Kier molecular flexibility index (Phi) is 5.31. The van der Waals surface area contributed by atoms with E-state index in [1.807, 2.05) is 30.3 Å². The lowest BCUT2D eigenvalue weighted by molar-refractivity contribution is -0.0361. The second kappa shape index (κ2) is 7.90. The molecule has 4 rings (SSSR count). The molecule has 0 spiro atoms. The van der Waals surface area contributed by atoms with Gasteiger partial charge < -0.3 is 16.4 Å². The summed E-state index contributed by atoms with van der Waals surface area (Å²) >= 11 is 0. The zero-order valence-corrected chi connectivity index (χ0v) is 16.3. The van der Waals surface area contributed by atoms with Gasteiger partial charge in [0.1, 0.15) is 5.82 Å². The summed E-state index contributed by atoms with van der Waals surface area (Å²) in [5.74, 6) is -1.53. The number of aromatic nitrogens is 4. The number of anilines is 2. The summed E-state index contributed by atoms with van der Waals surface area (Å²) in [5, 5.41) is 11.5. The van der Waals surface area contributed by atoms with Crippen LogP contribution in [-0.4, -0.2) is 38.3 Å². The van der Waals surface area contributed by atoms with E-state index in [0.29, 0.717) is 36.8 Å². The van der Waals surface area contributed by atoms with Gasteiger partial charge in [-0.1, -0.05) is 30.3 Å². The van der Waals surface area contributed by atoms with Crippen LogP contribution in [0.2, 0.25) is 0 Å². The Morgan fingerprint density at radius 1 is 1.21 bits per heavy atom. The van der Waals surface area contributed by atoms with Gasteiger partial charge in [0.15, 0.2) is 5.65 Å². The maximum atomic E-state index is 13.5. The fraction of sp³-hybridized carbons (Fsp3) is 0.450. The maximum Gasteiger partial charge on any atom is 0.248 e. The number of fused-ring (bicyclic) bond motifs is 1. The third kappa shape index (κ3) is 4.45. The highest BCUT2D eigenvalue weighted by molar-refractivity contribution is 5.87. The Labute approximate surface area is 167 Å². The van der Waals surface area contributed by atoms with Crippen LogP contribution in [0, 0.1) is 0 Å². The van der Waals surface area contributed by atoms with Crippen LogP contribution in [-0.2, 0) is 7.05 Å². The topological polar surface area (TPSA) is 93.7 Å². The minimum Gasteiger partial charge on any atom is -0.367 e. The summed E-state index contributed by atoms with van der Waals surface area (Å²) < 4.78 is 28.6. The van der Waals surface area contributed by atoms with E-state index >= 15 is 0 Å². The van der Waals surface area contributed by atoms with Crippen LogP contribution in [0.25, 0.3) is 11.0 Å². The number of nitrogens with two attached hydrogens (primary N) is 1. The molecule has 0 bridgehead atoms. The fourth-order valence-corrected chi connectivity index (χ4v) is 3.61. The summed E-state index contributed by atoms with van der Waals surface area (Å²) in [6.45, 7) is 0.461. The van der Waals surface area contributed by atoms with Crippen LogP contribution in [0.4, 0.5) is 20.5 Å². The highest BCUT2D eigenvalue weighted by Gasteiger charge is 2.35. The number of rotatable bonds is 6. The zero-order valence-electron chi connectivity index (χ0n) is 16.3. The molecule has 0 unspecified atom stereocenters. The Bertz CT molecular complexity index is 964. The Balaban J connectivity index is 1.52. The molecule has 4 N–H and O–H groups in total. The zero-order chi connectivity index (χ0) is 20.4. The smallest absolute Gasteiger partial charge is 0.248 e. The van der Waals surface area contributed by atoms with Crippen molar-refractivity contribution in [1.82, 2.24) is 19.7 Å². The molecule has 0 aliphatic heterocycles. The van der Waals surface area contributed by atoms with Gasteiger partial charge in [-0.25, -0.2) is 8.78 Å². The average molecular weight is 401 g/mol. The summed E-state index contributed by atoms with van der Waals surface area (Å²) in [6.07, 6.45) is 2.28. The van der Waals surface area contributed by atoms with E-state index in [1.54, 1.807) is 17.9 Å². The minimum absolute atomic E-state index is 0.0487. The standard InChI is InChI=1S/C20H25F2N7/c1-29-18-15(11-25-29)17(26-14-7-9-20(21,22)10-8-14)27-19(28-18)24-12-16(23)13-5-3-2-4-6-13/h2-6,11,14,16H,7-10,12,23H2,1H3,(H2,24,26,27,28)/t16-/m0/s1. The SMILES string of the molecule is Cn1ncc2c(NC3CCC(F)(F)CC3)nc(NC[C@H](N)c3ccccc3)nc21. The Hall–Kier alpha value is -2.81. The molecule has 9 heteroatoms. The van der Waals surface area contributed by atoms with Crippen LogP contribution >= 0.6 is 0 Å². The van der Waals surface area contributed by atoms with E-state index in [0.717, 1.165) is 10.9 Å². The van der Waals surface area contributed by atoms with Crippen molar-refractivity contribution >= 4 is 22.8 Å². The first-order valence-electron chi connectivity index (χ1n) is 9.80. The Morgan fingerprint density at radius 3 is 2.66 bits per heavy atom. The molecule has 1 aromatic carbocycles. The quantitative estimate of drug-likeness (QED) is 0.586. The molecular weight excluding hydrogens is 376 g/mol. The van der Waals surface area contributed by atoms with Crippen molar-refractivity contribution < 1.29 is 8.78 Å². The largest absolute Gasteiger partial charge is 0.367 e. The van der Waals surface area contributed by atoms with Crippen LogP contribution in [0.15, 0.2) is 36.5 Å². The van der Waals surface area contributed by atoms with Gasteiger partial charge in [-0.15, -0.1) is 0 Å². The minimum atomic E-state index is -2.56. The molecule has 1 fully saturated rings. The van der Waals surface area contributed by atoms with Gasteiger partial charge in [-0.3, -0.25) is 4.68 Å². The van der Waals surface area contributed by atoms with E-state index < -0.39 is 5.92 Å². The number of aryl methyl sites for hydroxylation is 1. The number of hydrogen-bond acceptors (Lipinski definition) is 6. The number of nitrogens with zero attached hydrogens (tertiary/aromatic N) is 4. The highest BCUT2D eigenvalue weighted by atomic mass is 19.3. The van der Waals surface area contributed by atoms with Gasteiger partial charge in [-0.05, 0) is 18.4 Å². The summed E-state index contributed by atoms with van der Waals surface area (Å²) in [7, 11) is 1.81. The third-order valence-corrected chi connectivity index (χ3v) is 5.36. The van der Waals surface area contributed by atoms with Gasteiger partial charge in [0.05, 0.1) is 11.6 Å². The maximum absolute atomic E-state index is 13.5. The molecule has 2 heterocycles. The van der Waals surface area contributed by atoms with E-state index in [2.05, 4.69) is 25.7 Å². The first-order chi connectivity index (χ1) is 13.9. The molecule has 7 nitrogen and oxygen atoms in total. The predicted octanol–water partition coefficient (Wildman–Crippen LogP) is 3.47. The Morgan fingerprint density at radius 2 is 1.93 bits per heavy atom. The normalized spacial score (nSPS) is 17.9. The molecule has 1 atom stereocenters. The number of benzene rings is 1. The van der Waals surface area contributed by atoms with Gasteiger partial charge in [0.25, 0.3) is 0 Å². The number of nitrogens with one attached hydrogen (secondary N) is 2. The lowest BCUT2D eigenvalue weighted by atomic mass is 9.92. The van der Waals surface area contributed by atoms with Gasteiger partial charge >= 0.3 is 0 Å². The molecule has 0 radical (unpaired) electrons. The lowest BCUT2D eigenvalue weighted by Crippen LogP contribution is -2.32. The predicted molar refractivity (Wildman–Crippen MR) is 109 cm³/mol.